The van der Waals surface area contributed by atoms with E-state index in [9.17, 15) is 4.79 Å². The van der Waals surface area contributed by atoms with E-state index in [0.717, 1.165) is 44.0 Å². The highest BCUT2D eigenvalue weighted by atomic mass is 79.9. The molecular formula is C11H19BrN2O. The van der Waals surface area contributed by atoms with Crippen molar-refractivity contribution in [2.24, 2.45) is 11.7 Å². The van der Waals surface area contributed by atoms with Gasteiger partial charge in [-0.05, 0) is 31.6 Å². The van der Waals surface area contributed by atoms with Gasteiger partial charge in [-0.15, -0.1) is 0 Å². The predicted molar refractivity (Wildman–Crippen MR) is 63.8 cm³/mol. The van der Waals surface area contributed by atoms with Gasteiger partial charge in [0.1, 0.15) is 0 Å². The third-order valence-corrected chi connectivity index (χ3v) is 4.55. The van der Waals surface area contributed by atoms with E-state index in [1.807, 2.05) is 0 Å². The van der Waals surface area contributed by atoms with Crippen LogP contribution in [0.2, 0.25) is 0 Å². The predicted octanol–water partition coefficient (Wildman–Crippen LogP) is 1.50. The van der Waals surface area contributed by atoms with Gasteiger partial charge in [0.25, 0.3) is 0 Å². The summed E-state index contributed by atoms with van der Waals surface area (Å²) < 4.78 is 0. The summed E-state index contributed by atoms with van der Waals surface area (Å²) >= 11 is 3.47. The first-order chi connectivity index (χ1) is 7.20. The van der Waals surface area contributed by atoms with E-state index in [1.54, 1.807) is 0 Å². The summed E-state index contributed by atoms with van der Waals surface area (Å²) in [6, 6.07) is 0.840. The minimum Gasteiger partial charge on any atom is -0.339 e. The molecule has 2 aliphatic rings. The van der Waals surface area contributed by atoms with Crippen LogP contribution in [0.4, 0.5) is 0 Å². The summed E-state index contributed by atoms with van der Waals surface area (Å²) in [5.74, 6) is 0.869. The molecule has 2 N–H and O–H groups in total. The van der Waals surface area contributed by atoms with Gasteiger partial charge >= 0.3 is 0 Å². The lowest BCUT2D eigenvalue weighted by Crippen LogP contribution is -2.41. The lowest BCUT2D eigenvalue weighted by Gasteiger charge is -2.33. The van der Waals surface area contributed by atoms with Crippen molar-refractivity contribution in [2.45, 2.75) is 44.2 Å². The number of rotatable bonds is 2. The van der Waals surface area contributed by atoms with Crippen molar-refractivity contribution >= 4 is 21.8 Å². The van der Waals surface area contributed by atoms with E-state index < -0.39 is 0 Å². The fourth-order valence-corrected chi connectivity index (χ4v) is 3.11. The average Bonchev–Trinajstić information content (AvgIpc) is 2.61. The van der Waals surface area contributed by atoms with E-state index >= 15 is 0 Å². The van der Waals surface area contributed by atoms with E-state index in [1.165, 1.54) is 0 Å². The Morgan fingerprint density at radius 2 is 2.00 bits per heavy atom. The maximum atomic E-state index is 11.8. The van der Waals surface area contributed by atoms with Crippen LogP contribution in [0.25, 0.3) is 0 Å². The zero-order valence-corrected chi connectivity index (χ0v) is 10.6. The molecule has 4 heteroatoms. The first-order valence-corrected chi connectivity index (χ1v) is 6.94. The monoisotopic (exact) mass is 274 g/mol. The molecule has 15 heavy (non-hydrogen) atoms. The largest absolute Gasteiger partial charge is 0.339 e. The summed E-state index contributed by atoms with van der Waals surface area (Å²) in [7, 11) is 0. The molecule has 2 rings (SSSR count). The van der Waals surface area contributed by atoms with Crippen molar-refractivity contribution in [2.75, 3.05) is 11.9 Å². The van der Waals surface area contributed by atoms with Gasteiger partial charge in [-0.3, -0.25) is 4.79 Å². The van der Waals surface area contributed by atoms with Crippen LogP contribution >= 0.6 is 15.9 Å². The Morgan fingerprint density at radius 1 is 1.33 bits per heavy atom. The molecule has 0 spiro atoms. The quantitative estimate of drug-likeness (QED) is 0.776. The molecule has 0 aromatic heterocycles. The molecule has 0 aromatic carbocycles. The Hall–Kier alpha value is -0.0900. The summed E-state index contributed by atoms with van der Waals surface area (Å²) in [6.45, 7) is 0.948. The first kappa shape index (κ1) is 11.4. The molecule has 2 fully saturated rings. The lowest BCUT2D eigenvalue weighted by atomic mass is 9.91. The Morgan fingerprint density at radius 3 is 2.53 bits per heavy atom. The topological polar surface area (TPSA) is 46.3 Å². The highest BCUT2D eigenvalue weighted by Crippen LogP contribution is 2.28. The van der Waals surface area contributed by atoms with E-state index in [0.29, 0.717) is 23.9 Å². The molecule has 0 bridgehead atoms. The summed E-state index contributed by atoms with van der Waals surface area (Å²) in [5, 5.41) is 0.946. The van der Waals surface area contributed by atoms with Gasteiger partial charge in [0, 0.05) is 30.4 Å². The van der Waals surface area contributed by atoms with E-state index in [2.05, 4.69) is 20.8 Å². The molecule has 3 nitrogen and oxygen atoms in total. The molecule has 1 aliphatic heterocycles. The third-order valence-electron chi connectivity index (χ3n) is 3.64. The summed E-state index contributed by atoms with van der Waals surface area (Å²) in [4.78, 5) is 13.9. The Bertz CT molecular complexity index is 239. The van der Waals surface area contributed by atoms with E-state index in [4.69, 9.17) is 5.73 Å². The van der Waals surface area contributed by atoms with Crippen molar-refractivity contribution in [3.8, 4) is 0 Å². The van der Waals surface area contributed by atoms with Crippen LogP contribution in [0, 0.1) is 5.92 Å². The van der Waals surface area contributed by atoms with Gasteiger partial charge in [-0.1, -0.05) is 15.9 Å². The maximum Gasteiger partial charge on any atom is 0.223 e. The molecule has 86 valence electrons. The fourth-order valence-electron chi connectivity index (χ4n) is 2.68. The van der Waals surface area contributed by atoms with Crippen molar-refractivity contribution in [1.82, 2.24) is 4.90 Å². The molecular weight excluding hydrogens is 256 g/mol. The summed E-state index contributed by atoms with van der Waals surface area (Å²) in [5.41, 5.74) is 5.87. The minimum atomic E-state index is 0.347. The molecule has 1 unspecified atom stereocenters. The third kappa shape index (κ3) is 2.53. The Balaban J connectivity index is 1.91. The van der Waals surface area contributed by atoms with Crippen LogP contribution in [-0.4, -0.2) is 34.8 Å². The molecule has 1 heterocycles. The number of carbonyl (C=O) groups excluding carboxylic acids is 1. The number of likely N-dealkylation sites (tertiary alicyclic amines) is 1. The lowest BCUT2D eigenvalue weighted by molar-refractivity contribution is -0.130. The molecule has 1 atom stereocenters. The molecule has 0 radical (unpaired) electrons. The number of alkyl halides is 1. The Labute approximate surface area is 99.5 Å². The van der Waals surface area contributed by atoms with Crippen molar-refractivity contribution in [1.29, 1.82) is 0 Å². The number of hydrogen-bond acceptors (Lipinski definition) is 2. The maximum absolute atomic E-state index is 11.8. The van der Waals surface area contributed by atoms with Crippen LogP contribution in [-0.2, 0) is 4.79 Å². The van der Waals surface area contributed by atoms with E-state index in [-0.39, 0.29) is 0 Å². The fraction of sp³-hybridized carbons (Fsp3) is 0.909. The SMILES string of the molecule is NC1CCC(N2CC(CBr)CC2=O)CC1. The summed E-state index contributed by atoms with van der Waals surface area (Å²) in [6.07, 6.45) is 5.08. The van der Waals surface area contributed by atoms with Crippen LogP contribution in [0.3, 0.4) is 0 Å². The standard InChI is InChI=1S/C11H19BrN2O/c12-6-8-5-11(15)14(7-8)10-3-1-9(13)2-4-10/h8-10H,1-7,13H2. The molecule has 0 aromatic rings. The smallest absolute Gasteiger partial charge is 0.223 e. The van der Waals surface area contributed by atoms with Crippen LogP contribution in [0.15, 0.2) is 0 Å². The van der Waals surface area contributed by atoms with Gasteiger partial charge in [0.05, 0.1) is 0 Å². The second-order valence-corrected chi connectivity index (χ2v) is 5.49. The number of amides is 1. The number of carbonyl (C=O) groups is 1. The number of halogens is 1. The van der Waals surface area contributed by atoms with Crippen LogP contribution in [0.1, 0.15) is 32.1 Å². The highest BCUT2D eigenvalue weighted by molar-refractivity contribution is 9.09. The van der Waals surface area contributed by atoms with Gasteiger partial charge in [-0.25, -0.2) is 0 Å². The zero-order valence-electron chi connectivity index (χ0n) is 8.99. The van der Waals surface area contributed by atoms with Crippen LogP contribution in [0.5, 0.6) is 0 Å². The number of nitrogens with two attached hydrogens (primary N) is 1. The molecule has 1 aliphatic carbocycles. The Kier molecular flexibility index (Phi) is 3.67. The van der Waals surface area contributed by atoms with Gasteiger partial charge < -0.3 is 10.6 Å². The van der Waals surface area contributed by atoms with Gasteiger partial charge in [0.15, 0.2) is 0 Å². The molecule has 1 amide bonds. The zero-order chi connectivity index (χ0) is 10.8. The van der Waals surface area contributed by atoms with Crippen LogP contribution < -0.4 is 5.73 Å². The highest BCUT2D eigenvalue weighted by Gasteiger charge is 2.34. The van der Waals surface area contributed by atoms with Crippen molar-refractivity contribution < 1.29 is 4.79 Å². The number of nitrogens with zero attached hydrogens (tertiary/aromatic N) is 1. The normalized spacial score (nSPS) is 37.3. The van der Waals surface area contributed by atoms with Gasteiger partial charge in [0.2, 0.25) is 5.91 Å². The second-order valence-electron chi connectivity index (χ2n) is 4.84. The molecule has 1 saturated carbocycles. The molecule has 1 saturated heterocycles. The van der Waals surface area contributed by atoms with Crippen molar-refractivity contribution in [3.63, 3.8) is 0 Å². The number of hydrogen-bond donors (Lipinski definition) is 1. The van der Waals surface area contributed by atoms with Gasteiger partial charge in [-0.2, -0.15) is 0 Å². The first-order valence-electron chi connectivity index (χ1n) is 5.81. The minimum absolute atomic E-state index is 0.347. The van der Waals surface area contributed by atoms with Crippen molar-refractivity contribution in [3.05, 3.63) is 0 Å². The average molecular weight is 275 g/mol. The second kappa shape index (κ2) is 4.83.